The van der Waals surface area contributed by atoms with E-state index in [9.17, 15) is 22.4 Å². The number of nitrogens with zero attached hydrogens (tertiary/aromatic N) is 1. The maximum atomic E-state index is 13.8. The molecule has 0 bridgehead atoms. The van der Waals surface area contributed by atoms with E-state index in [0.29, 0.717) is 11.3 Å². The fourth-order valence-electron chi connectivity index (χ4n) is 1.87. The Morgan fingerprint density at radius 2 is 2.00 bits per heavy atom. The monoisotopic (exact) mass is 351 g/mol. The normalized spacial score (nSPS) is 12.6. The highest BCUT2D eigenvalue weighted by atomic mass is 19.4. The molecule has 0 aromatic heterocycles. The molecule has 0 heterocycles. The molecule has 2 N–H and O–H groups in total. The SMILES string of the molecule is C[C@H](COCC(F)(F)F)NC(=O)NCc1ccc(N(C)C)c(F)c1. The Kier molecular flexibility index (Phi) is 7.27. The molecule has 0 unspecified atom stereocenters. The minimum atomic E-state index is -4.40. The van der Waals surface area contributed by atoms with Crippen LogP contribution < -0.4 is 15.5 Å². The fourth-order valence-corrected chi connectivity index (χ4v) is 1.87. The zero-order valence-corrected chi connectivity index (χ0v) is 13.7. The van der Waals surface area contributed by atoms with E-state index in [1.807, 2.05) is 0 Å². The molecule has 0 saturated heterocycles. The quantitative estimate of drug-likeness (QED) is 0.743. The molecule has 24 heavy (non-hydrogen) atoms. The molecule has 0 fully saturated rings. The van der Waals surface area contributed by atoms with Gasteiger partial charge in [-0.05, 0) is 24.6 Å². The average Bonchev–Trinajstić information content (AvgIpc) is 2.43. The topological polar surface area (TPSA) is 53.6 Å². The van der Waals surface area contributed by atoms with Crippen molar-refractivity contribution in [2.75, 3.05) is 32.2 Å². The number of nitrogens with one attached hydrogen (secondary N) is 2. The Hall–Kier alpha value is -2.03. The molecule has 0 aliphatic rings. The van der Waals surface area contributed by atoms with Crippen molar-refractivity contribution in [2.45, 2.75) is 25.7 Å². The van der Waals surface area contributed by atoms with Gasteiger partial charge in [0, 0.05) is 20.6 Å². The first kappa shape index (κ1) is 20.0. The second kappa shape index (κ2) is 8.72. The molecule has 1 aromatic rings. The van der Waals surface area contributed by atoms with Crippen molar-refractivity contribution in [1.82, 2.24) is 10.6 Å². The number of halogens is 4. The van der Waals surface area contributed by atoms with Crippen LogP contribution in [-0.4, -0.2) is 45.6 Å². The van der Waals surface area contributed by atoms with E-state index < -0.39 is 30.7 Å². The fraction of sp³-hybridized carbons (Fsp3) is 0.533. The first-order valence-electron chi connectivity index (χ1n) is 7.23. The van der Waals surface area contributed by atoms with Crippen molar-refractivity contribution in [3.8, 4) is 0 Å². The summed E-state index contributed by atoms with van der Waals surface area (Å²) in [5, 5.41) is 4.94. The van der Waals surface area contributed by atoms with Crippen molar-refractivity contribution in [1.29, 1.82) is 0 Å². The summed E-state index contributed by atoms with van der Waals surface area (Å²) in [5.74, 6) is -0.409. The van der Waals surface area contributed by atoms with Gasteiger partial charge in [-0.25, -0.2) is 9.18 Å². The summed E-state index contributed by atoms with van der Waals surface area (Å²) in [6.07, 6.45) is -4.40. The Morgan fingerprint density at radius 1 is 1.33 bits per heavy atom. The van der Waals surface area contributed by atoms with Crippen LogP contribution in [0.4, 0.5) is 28.0 Å². The number of rotatable bonds is 7. The van der Waals surface area contributed by atoms with Crippen molar-refractivity contribution >= 4 is 11.7 Å². The van der Waals surface area contributed by atoms with Gasteiger partial charge in [0.05, 0.1) is 18.3 Å². The number of urea groups is 1. The van der Waals surface area contributed by atoms with Gasteiger partial charge >= 0.3 is 12.2 Å². The second-order valence-electron chi connectivity index (χ2n) is 5.54. The van der Waals surface area contributed by atoms with Crippen LogP contribution in [-0.2, 0) is 11.3 Å². The smallest absolute Gasteiger partial charge is 0.375 e. The van der Waals surface area contributed by atoms with Crippen LogP contribution in [0.2, 0.25) is 0 Å². The third-order valence-electron chi connectivity index (χ3n) is 2.96. The van der Waals surface area contributed by atoms with E-state index >= 15 is 0 Å². The van der Waals surface area contributed by atoms with Gasteiger partial charge in [0.25, 0.3) is 0 Å². The molecular formula is C15H21F4N3O2. The predicted molar refractivity (Wildman–Crippen MR) is 82.4 cm³/mol. The molecule has 0 aliphatic carbocycles. The number of carbonyl (C=O) groups excluding carboxylic acids is 1. The molecule has 1 rings (SSSR count). The van der Waals surface area contributed by atoms with Gasteiger partial charge in [0.1, 0.15) is 12.4 Å². The van der Waals surface area contributed by atoms with Crippen molar-refractivity contribution in [3.63, 3.8) is 0 Å². The standard InChI is InChI=1S/C15H21F4N3O2/c1-10(8-24-9-15(17,18)19)21-14(23)20-7-11-4-5-13(22(2)3)12(16)6-11/h4-6,10H,7-9H2,1-3H3,(H2,20,21,23)/t10-/m1/s1. The van der Waals surface area contributed by atoms with E-state index in [0.717, 1.165) is 0 Å². The van der Waals surface area contributed by atoms with E-state index in [-0.39, 0.29) is 13.2 Å². The highest BCUT2D eigenvalue weighted by Gasteiger charge is 2.27. The maximum absolute atomic E-state index is 13.8. The van der Waals surface area contributed by atoms with Gasteiger partial charge < -0.3 is 20.3 Å². The molecule has 0 aliphatic heterocycles. The summed E-state index contributed by atoms with van der Waals surface area (Å²) < 4.78 is 54.0. The number of carbonyl (C=O) groups is 1. The van der Waals surface area contributed by atoms with Gasteiger partial charge in [-0.2, -0.15) is 13.2 Å². The average molecular weight is 351 g/mol. The molecular weight excluding hydrogens is 330 g/mol. The van der Waals surface area contributed by atoms with Gasteiger partial charge in [-0.1, -0.05) is 6.07 Å². The number of hydrogen-bond acceptors (Lipinski definition) is 3. The summed E-state index contributed by atoms with van der Waals surface area (Å²) in [6.45, 7) is -0.0225. The van der Waals surface area contributed by atoms with Gasteiger partial charge in [0.2, 0.25) is 0 Å². The number of benzene rings is 1. The number of amides is 2. The number of hydrogen-bond donors (Lipinski definition) is 2. The molecule has 0 spiro atoms. The maximum Gasteiger partial charge on any atom is 0.411 e. The molecule has 136 valence electrons. The molecule has 0 radical (unpaired) electrons. The first-order valence-corrected chi connectivity index (χ1v) is 7.23. The Balaban J connectivity index is 2.37. The van der Waals surface area contributed by atoms with Gasteiger partial charge in [-0.3, -0.25) is 0 Å². The lowest BCUT2D eigenvalue weighted by molar-refractivity contribution is -0.174. The zero-order valence-electron chi connectivity index (χ0n) is 13.7. The Bertz CT molecular complexity index is 550. The van der Waals surface area contributed by atoms with Gasteiger partial charge in [0.15, 0.2) is 0 Å². The molecule has 5 nitrogen and oxygen atoms in total. The largest absolute Gasteiger partial charge is 0.411 e. The van der Waals surface area contributed by atoms with Crippen LogP contribution in [0.5, 0.6) is 0 Å². The lowest BCUT2D eigenvalue weighted by atomic mass is 10.2. The molecule has 9 heteroatoms. The molecule has 0 saturated carbocycles. The van der Waals surface area contributed by atoms with E-state index in [4.69, 9.17) is 0 Å². The summed E-state index contributed by atoms with van der Waals surface area (Å²) >= 11 is 0. The first-order chi connectivity index (χ1) is 11.1. The molecule has 1 aromatic carbocycles. The van der Waals surface area contributed by atoms with Crippen LogP contribution in [0, 0.1) is 5.82 Å². The predicted octanol–water partition coefficient (Wildman–Crippen LogP) is 2.66. The lowest BCUT2D eigenvalue weighted by Gasteiger charge is -2.16. The van der Waals surface area contributed by atoms with E-state index in [1.54, 1.807) is 31.1 Å². The number of alkyl halides is 3. The highest BCUT2D eigenvalue weighted by Crippen LogP contribution is 2.18. The van der Waals surface area contributed by atoms with Crippen LogP contribution in [0.25, 0.3) is 0 Å². The third kappa shape index (κ3) is 7.49. The van der Waals surface area contributed by atoms with Crippen LogP contribution >= 0.6 is 0 Å². The van der Waals surface area contributed by atoms with E-state index in [2.05, 4.69) is 15.4 Å². The minimum Gasteiger partial charge on any atom is -0.375 e. The summed E-state index contributed by atoms with van der Waals surface area (Å²) in [7, 11) is 3.43. The van der Waals surface area contributed by atoms with Crippen molar-refractivity contribution < 1.29 is 27.1 Å². The number of anilines is 1. The summed E-state index contributed by atoms with van der Waals surface area (Å²) in [4.78, 5) is 13.3. The Morgan fingerprint density at radius 3 is 2.54 bits per heavy atom. The highest BCUT2D eigenvalue weighted by molar-refractivity contribution is 5.74. The number of ether oxygens (including phenoxy) is 1. The molecule has 2 amide bonds. The van der Waals surface area contributed by atoms with Crippen LogP contribution in [0.3, 0.4) is 0 Å². The van der Waals surface area contributed by atoms with Crippen molar-refractivity contribution in [2.24, 2.45) is 0 Å². The van der Waals surface area contributed by atoms with E-state index in [1.165, 1.54) is 13.0 Å². The minimum absolute atomic E-state index is 0.0899. The van der Waals surface area contributed by atoms with Crippen LogP contribution in [0.1, 0.15) is 12.5 Å². The van der Waals surface area contributed by atoms with Gasteiger partial charge in [-0.15, -0.1) is 0 Å². The molecule has 1 atom stereocenters. The lowest BCUT2D eigenvalue weighted by Crippen LogP contribution is -2.42. The van der Waals surface area contributed by atoms with Crippen molar-refractivity contribution in [3.05, 3.63) is 29.6 Å². The second-order valence-corrected chi connectivity index (χ2v) is 5.54. The van der Waals surface area contributed by atoms with Crippen LogP contribution in [0.15, 0.2) is 18.2 Å². The Labute approximate surface area is 138 Å². The summed E-state index contributed by atoms with van der Waals surface area (Å²) in [5.41, 5.74) is 0.993. The third-order valence-corrected chi connectivity index (χ3v) is 2.96. The zero-order chi connectivity index (χ0) is 18.3. The summed E-state index contributed by atoms with van der Waals surface area (Å²) in [6, 6.07) is 3.41.